The molecule has 0 aliphatic heterocycles. The Balaban J connectivity index is 1.52. The Morgan fingerprint density at radius 3 is 2.49 bits per heavy atom. The van der Waals surface area contributed by atoms with Crippen LogP contribution in [0.4, 0.5) is 5.82 Å². The van der Waals surface area contributed by atoms with Gasteiger partial charge in [-0.2, -0.15) is 5.10 Å². The predicted octanol–water partition coefficient (Wildman–Crippen LogP) is 3.76. The number of carbonyl (C=O) groups excluding carboxylic acids is 2. The molecule has 4 rings (SSSR count). The summed E-state index contributed by atoms with van der Waals surface area (Å²) in [5.74, 6) is 1.23. The first kappa shape index (κ1) is 24.4. The lowest BCUT2D eigenvalue weighted by atomic mass is 9.79. The minimum Gasteiger partial charge on any atom is -0.494 e. The summed E-state index contributed by atoms with van der Waals surface area (Å²) in [6.07, 6.45) is 8.84. The van der Waals surface area contributed by atoms with Gasteiger partial charge < -0.3 is 15.4 Å². The van der Waals surface area contributed by atoms with Crippen LogP contribution in [0.15, 0.2) is 42.9 Å². The molecule has 1 aliphatic carbocycles. The first-order chi connectivity index (χ1) is 16.9. The van der Waals surface area contributed by atoms with Gasteiger partial charge in [-0.15, -0.1) is 0 Å². The number of ether oxygens (including phenoxy) is 1. The number of hydrogen-bond donors (Lipinski definition) is 2. The van der Waals surface area contributed by atoms with Gasteiger partial charge >= 0.3 is 0 Å². The molecule has 3 aromatic rings. The fourth-order valence-electron chi connectivity index (χ4n) is 4.70. The molecular weight excluding hydrogens is 444 g/mol. The van der Waals surface area contributed by atoms with Gasteiger partial charge in [-0.25, -0.2) is 4.98 Å². The second-order valence-electron chi connectivity index (χ2n) is 9.21. The van der Waals surface area contributed by atoms with Crippen molar-refractivity contribution in [3.63, 3.8) is 0 Å². The third-order valence-corrected chi connectivity index (χ3v) is 6.77. The maximum absolute atomic E-state index is 13.4. The van der Waals surface area contributed by atoms with Gasteiger partial charge in [-0.05, 0) is 55.9 Å². The molecule has 0 saturated heterocycles. The topological polar surface area (TPSA) is 111 Å². The number of anilines is 1. The standard InChI is InChI=1S/C26H32N6O3/c1-16-5-7-18(8-6-16)23(31-25(33)21-12-14-29-32(21)3)26(34)30-22-10-9-19(15-28-22)20-11-13-27-17(2)24(20)35-4/h9-16,18,23H,5-8H2,1-4H3,(H,31,33)(H,28,30,34)/t16?,18?,23-/m0/s1. The summed E-state index contributed by atoms with van der Waals surface area (Å²) in [5, 5.41) is 9.93. The molecule has 0 aromatic carbocycles. The first-order valence-electron chi connectivity index (χ1n) is 11.9. The van der Waals surface area contributed by atoms with Crippen molar-refractivity contribution in [2.75, 3.05) is 12.4 Å². The highest BCUT2D eigenvalue weighted by atomic mass is 16.5. The van der Waals surface area contributed by atoms with E-state index < -0.39 is 6.04 Å². The van der Waals surface area contributed by atoms with Crippen LogP contribution in [-0.2, 0) is 11.8 Å². The lowest BCUT2D eigenvalue weighted by molar-refractivity contribution is -0.119. The fourth-order valence-corrected chi connectivity index (χ4v) is 4.70. The van der Waals surface area contributed by atoms with E-state index in [0.717, 1.165) is 42.5 Å². The Morgan fingerprint density at radius 1 is 1.09 bits per heavy atom. The number of hydrogen-bond acceptors (Lipinski definition) is 6. The molecule has 1 aliphatic rings. The molecule has 9 nitrogen and oxygen atoms in total. The minimum absolute atomic E-state index is 0.0618. The van der Waals surface area contributed by atoms with Crippen LogP contribution in [0.3, 0.4) is 0 Å². The van der Waals surface area contributed by atoms with E-state index >= 15 is 0 Å². The Morgan fingerprint density at radius 2 is 1.86 bits per heavy atom. The lowest BCUT2D eigenvalue weighted by Gasteiger charge is -2.32. The summed E-state index contributed by atoms with van der Waals surface area (Å²) in [7, 11) is 3.32. The number of rotatable bonds is 7. The fraction of sp³-hybridized carbons (Fsp3) is 0.423. The van der Waals surface area contributed by atoms with Gasteiger partial charge in [0.1, 0.15) is 23.3 Å². The summed E-state index contributed by atoms with van der Waals surface area (Å²) in [4.78, 5) is 35.0. The van der Waals surface area contributed by atoms with E-state index in [1.165, 1.54) is 4.68 Å². The van der Waals surface area contributed by atoms with Crippen LogP contribution >= 0.6 is 0 Å². The van der Waals surface area contributed by atoms with Crippen molar-refractivity contribution >= 4 is 17.6 Å². The van der Waals surface area contributed by atoms with E-state index in [-0.39, 0.29) is 17.7 Å². The average Bonchev–Trinajstić information content (AvgIpc) is 3.29. The van der Waals surface area contributed by atoms with Crippen molar-refractivity contribution in [2.45, 2.75) is 45.6 Å². The predicted molar refractivity (Wildman–Crippen MR) is 133 cm³/mol. The van der Waals surface area contributed by atoms with Crippen molar-refractivity contribution in [1.29, 1.82) is 0 Å². The highest BCUT2D eigenvalue weighted by Gasteiger charge is 2.33. The molecule has 184 valence electrons. The maximum atomic E-state index is 13.4. The Hall–Kier alpha value is -3.75. The molecule has 2 N–H and O–H groups in total. The van der Waals surface area contributed by atoms with Gasteiger partial charge in [0.15, 0.2) is 0 Å². The molecule has 1 fully saturated rings. The molecular formula is C26H32N6O3. The van der Waals surface area contributed by atoms with E-state index in [2.05, 4.69) is 32.6 Å². The van der Waals surface area contributed by atoms with Crippen molar-refractivity contribution in [2.24, 2.45) is 18.9 Å². The number of nitrogens with one attached hydrogen (secondary N) is 2. The molecule has 0 unspecified atom stereocenters. The highest BCUT2D eigenvalue weighted by molar-refractivity contribution is 6.00. The van der Waals surface area contributed by atoms with Gasteiger partial charge in [-0.3, -0.25) is 19.3 Å². The molecule has 0 spiro atoms. The number of pyridine rings is 2. The van der Waals surface area contributed by atoms with Gasteiger partial charge in [-0.1, -0.05) is 19.8 Å². The molecule has 1 saturated carbocycles. The van der Waals surface area contributed by atoms with E-state index in [1.54, 1.807) is 44.9 Å². The quantitative estimate of drug-likeness (QED) is 0.537. The zero-order valence-corrected chi connectivity index (χ0v) is 20.6. The molecule has 0 bridgehead atoms. The number of aryl methyl sites for hydroxylation is 2. The number of carbonyl (C=O) groups is 2. The molecule has 3 aromatic heterocycles. The second-order valence-corrected chi connectivity index (χ2v) is 9.21. The van der Waals surface area contributed by atoms with E-state index in [0.29, 0.717) is 23.2 Å². The minimum atomic E-state index is -0.658. The van der Waals surface area contributed by atoms with E-state index in [9.17, 15) is 9.59 Å². The normalized spacial score (nSPS) is 18.5. The smallest absolute Gasteiger partial charge is 0.270 e. The Kier molecular flexibility index (Phi) is 7.43. The number of aromatic nitrogens is 4. The summed E-state index contributed by atoms with van der Waals surface area (Å²) < 4.78 is 7.00. The lowest BCUT2D eigenvalue weighted by Crippen LogP contribution is -2.49. The van der Waals surface area contributed by atoms with Crippen molar-refractivity contribution in [3.8, 4) is 16.9 Å². The number of amides is 2. The number of nitrogens with zero attached hydrogens (tertiary/aromatic N) is 4. The Bertz CT molecular complexity index is 1180. The first-order valence-corrected chi connectivity index (χ1v) is 11.9. The molecule has 35 heavy (non-hydrogen) atoms. The van der Waals surface area contributed by atoms with Gasteiger partial charge in [0, 0.05) is 36.8 Å². The molecule has 3 heterocycles. The second kappa shape index (κ2) is 10.7. The third-order valence-electron chi connectivity index (χ3n) is 6.77. The maximum Gasteiger partial charge on any atom is 0.270 e. The van der Waals surface area contributed by atoms with Gasteiger partial charge in [0.2, 0.25) is 5.91 Å². The van der Waals surface area contributed by atoms with Crippen molar-refractivity contribution < 1.29 is 14.3 Å². The van der Waals surface area contributed by atoms with Crippen LogP contribution in [0.2, 0.25) is 0 Å². The number of methoxy groups -OCH3 is 1. The average molecular weight is 477 g/mol. The van der Waals surface area contributed by atoms with Gasteiger partial charge in [0.25, 0.3) is 5.91 Å². The zero-order valence-electron chi connectivity index (χ0n) is 20.6. The van der Waals surface area contributed by atoms with Gasteiger partial charge in [0.05, 0.1) is 12.8 Å². The molecule has 0 radical (unpaired) electrons. The van der Waals surface area contributed by atoms with Crippen LogP contribution in [0.5, 0.6) is 5.75 Å². The van der Waals surface area contributed by atoms with Crippen LogP contribution < -0.4 is 15.4 Å². The van der Waals surface area contributed by atoms with Crippen molar-refractivity contribution in [3.05, 3.63) is 54.2 Å². The van der Waals surface area contributed by atoms with Crippen molar-refractivity contribution in [1.82, 2.24) is 25.1 Å². The van der Waals surface area contributed by atoms with Crippen LogP contribution in [0, 0.1) is 18.8 Å². The molecule has 9 heteroatoms. The SMILES string of the molecule is COc1c(-c2ccc(NC(=O)[C@@H](NC(=O)c3ccnn3C)C3CCC(C)CC3)nc2)ccnc1C. The summed E-state index contributed by atoms with van der Waals surface area (Å²) in [5.41, 5.74) is 2.93. The van der Waals surface area contributed by atoms with Crippen LogP contribution in [0.25, 0.3) is 11.1 Å². The summed E-state index contributed by atoms with van der Waals surface area (Å²) in [6.45, 7) is 4.11. The summed E-state index contributed by atoms with van der Waals surface area (Å²) >= 11 is 0. The Labute approximate surface area is 205 Å². The summed E-state index contributed by atoms with van der Waals surface area (Å²) in [6, 6.07) is 6.49. The molecule has 2 amide bonds. The highest BCUT2D eigenvalue weighted by Crippen LogP contribution is 2.32. The van der Waals surface area contributed by atoms with Crippen LogP contribution in [0.1, 0.15) is 48.8 Å². The van der Waals surface area contributed by atoms with E-state index in [1.807, 2.05) is 19.1 Å². The third kappa shape index (κ3) is 5.50. The zero-order chi connectivity index (χ0) is 24.9. The van der Waals surface area contributed by atoms with Crippen LogP contribution in [-0.4, -0.2) is 44.7 Å². The largest absolute Gasteiger partial charge is 0.494 e. The monoisotopic (exact) mass is 476 g/mol. The molecule has 1 atom stereocenters. The van der Waals surface area contributed by atoms with E-state index in [4.69, 9.17) is 4.74 Å².